The van der Waals surface area contributed by atoms with Crippen molar-refractivity contribution in [1.29, 1.82) is 0 Å². The number of alkyl halides is 1. The van der Waals surface area contributed by atoms with Gasteiger partial charge in [-0.2, -0.15) is 0 Å². The van der Waals surface area contributed by atoms with E-state index in [4.69, 9.17) is 11.6 Å². The quantitative estimate of drug-likeness (QED) is 0.747. The third-order valence-corrected chi connectivity index (χ3v) is 3.92. The highest BCUT2D eigenvalue weighted by molar-refractivity contribution is 7.89. The van der Waals surface area contributed by atoms with Crippen molar-refractivity contribution in [2.75, 3.05) is 18.2 Å². The van der Waals surface area contributed by atoms with Crippen LogP contribution in [0.2, 0.25) is 0 Å². The van der Waals surface area contributed by atoms with Crippen LogP contribution in [-0.4, -0.2) is 26.6 Å². The van der Waals surface area contributed by atoms with Crippen molar-refractivity contribution in [3.05, 3.63) is 0 Å². The highest BCUT2D eigenvalue weighted by atomic mass is 35.5. The van der Waals surface area contributed by atoms with Crippen molar-refractivity contribution in [1.82, 2.24) is 4.72 Å². The molecule has 0 spiro atoms. The van der Waals surface area contributed by atoms with E-state index in [-0.39, 0.29) is 17.1 Å². The fourth-order valence-corrected chi connectivity index (χ4v) is 2.83. The molecule has 0 aromatic rings. The van der Waals surface area contributed by atoms with Gasteiger partial charge in [0.15, 0.2) is 0 Å². The standard InChI is InChI=1S/C9H20ClNO2S/c1-8(5-10)6-11-14(12,13)7-9(2,3)4/h8,11H,5-7H2,1-4H3. The molecule has 0 saturated heterocycles. The summed E-state index contributed by atoms with van der Waals surface area (Å²) in [5.74, 6) is 0.791. The third-order valence-electron chi connectivity index (χ3n) is 1.54. The second kappa shape index (κ2) is 5.33. The van der Waals surface area contributed by atoms with Crippen molar-refractivity contribution in [3.8, 4) is 0 Å². The maximum atomic E-state index is 11.5. The van der Waals surface area contributed by atoms with Crippen LogP contribution in [0.1, 0.15) is 27.7 Å². The summed E-state index contributed by atoms with van der Waals surface area (Å²) in [5.41, 5.74) is -0.212. The van der Waals surface area contributed by atoms with Crippen LogP contribution in [0.4, 0.5) is 0 Å². The van der Waals surface area contributed by atoms with Gasteiger partial charge in [0, 0.05) is 12.4 Å². The molecule has 5 heteroatoms. The van der Waals surface area contributed by atoms with Gasteiger partial charge >= 0.3 is 0 Å². The van der Waals surface area contributed by atoms with Crippen molar-refractivity contribution >= 4 is 21.6 Å². The lowest BCUT2D eigenvalue weighted by Crippen LogP contribution is -2.35. The molecular weight excluding hydrogens is 222 g/mol. The molecule has 86 valence electrons. The Morgan fingerprint density at radius 1 is 1.36 bits per heavy atom. The van der Waals surface area contributed by atoms with Crippen LogP contribution in [0.3, 0.4) is 0 Å². The van der Waals surface area contributed by atoms with Gasteiger partial charge in [0.1, 0.15) is 0 Å². The van der Waals surface area contributed by atoms with Crippen LogP contribution in [-0.2, 0) is 10.0 Å². The largest absolute Gasteiger partial charge is 0.215 e. The number of halogens is 1. The van der Waals surface area contributed by atoms with E-state index in [9.17, 15) is 8.42 Å². The molecule has 0 fully saturated rings. The van der Waals surface area contributed by atoms with Crippen LogP contribution in [0.25, 0.3) is 0 Å². The van der Waals surface area contributed by atoms with Gasteiger partial charge in [0.25, 0.3) is 0 Å². The molecule has 0 bridgehead atoms. The molecule has 0 aromatic carbocycles. The molecule has 0 amide bonds. The summed E-state index contributed by atoms with van der Waals surface area (Å²) in [6.07, 6.45) is 0. The number of hydrogen-bond acceptors (Lipinski definition) is 2. The van der Waals surface area contributed by atoms with Crippen LogP contribution >= 0.6 is 11.6 Å². The lowest BCUT2D eigenvalue weighted by atomic mass is 10.0. The van der Waals surface area contributed by atoms with Crippen LogP contribution < -0.4 is 4.72 Å². The molecule has 0 aromatic heterocycles. The zero-order valence-corrected chi connectivity index (χ0v) is 10.9. The first-order valence-corrected chi connectivity index (χ1v) is 6.88. The molecule has 1 N–H and O–H groups in total. The number of sulfonamides is 1. The molecule has 0 saturated carbocycles. The van der Waals surface area contributed by atoms with Gasteiger partial charge in [-0.15, -0.1) is 11.6 Å². The Morgan fingerprint density at radius 2 is 1.86 bits per heavy atom. The van der Waals surface area contributed by atoms with Crippen molar-refractivity contribution < 1.29 is 8.42 Å². The molecular formula is C9H20ClNO2S. The van der Waals surface area contributed by atoms with Gasteiger partial charge in [-0.1, -0.05) is 27.7 Å². The minimum absolute atomic E-state index is 0.148. The Bertz CT molecular complexity index is 256. The molecule has 3 nitrogen and oxygen atoms in total. The summed E-state index contributed by atoms with van der Waals surface area (Å²) >= 11 is 5.58. The Morgan fingerprint density at radius 3 is 2.21 bits per heavy atom. The second-order valence-corrected chi connectivity index (χ2v) is 7.04. The zero-order valence-electron chi connectivity index (χ0n) is 9.30. The van der Waals surface area contributed by atoms with Gasteiger partial charge in [0.05, 0.1) is 5.75 Å². The monoisotopic (exact) mass is 241 g/mol. The van der Waals surface area contributed by atoms with E-state index in [1.807, 2.05) is 27.7 Å². The summed E-state index contributed by atoms with van der Waals surface area (Å²) in [6.45, 7) is 8.03. The molecule has 0 aliphatic carbocycles. The molecule has 14 heavy (non-hydrogen) atoms. The van der Waals surface area contributed by atoms with E-state index in [1.54, 1.807) is 0 Å². The smallest absolute Gasteiger partial charge is 0.212 e. The molecule has 1 atom stereocenters. The van der Waals surface area contributed by atoms with E-state index < -0.39 is 10.0 Å². The Kier molecular flexibility index (Phi) is 5.41. The predicted octanol–water partition coefficient (Wildman–Crippen LogP) is 1.83. The summed E-state index contributed by atoms with van der Waals surface area (Å²) in [6, 6.07) is 0. The number of rotatable bonds is 5. The third kappa shape index (κ3) is 7.59. The van der Waals surface area contributed by atoms with E-state index in [1.165, 1.54) is 0 Å². The van der Waals surface area contributed by atoms with Crippen LogP contribution in [0.5, 0.6) is 0 Å². The van der Waals surface area contributed by atoms with Gasteiger partial charge < -0.3 is 0 Å². The summed E-state index contributed by atoms with van der Waals surface area (Å²) in [5, 5.41) is 0. The van der Waals surface area contributed by atoms with Crippen LogP contribution in [0.15, 0.2) is 0 Å². The Labute approximate surface area is 92.3 Å². The highest BCUT2D eigenvalue weighted by Gasteiger charge is 2.21. The highest BCUT2D eigenvalue weighted by Crippen LogP contribution is 2.15. The minimum atomic E-state index is -3.15. The first kappa shape index (κ1) is 14.2. The topological polar surface area (TPSA) is 46.2 Å². The van der Waals surface area contributed by atoms with E-state index in [2.05, 4.69) is 4.72 Å². The molecule has 1 unspecified atom stereocenters. The first-order chi connectivity index (χ1) is 6.16. The fourth-order valence-electron chi connectivity index (χ4n) is 0.945. The molecule has 0 heterocycles. The van der Waals surface area contributed by atoms with E-state index in [0.717, 1.165) is 0 Å². The summed E-state index contributed by atoms with van der Waals surface area (Å²) < 4.78 is 25.6. The van der Waals surface area contributed by atoms with E-state index in [0.29, 0.717) is 12.4 Å². The lowest BCUT2D eigenvalue weighted by Gasteiger charge is -2.19. The summed E-state index contributed by atoms with van der Waals surface area (Å²) in [7, 11) is -3.15. The molecule has 0 aliphatic heterocycles. The van der Waals surface area contributed by atoms with Gasteiger partial charge in [-0.3, -0.25) is 0 Å². The van der Waals surface area contributed by atoms with Crippen molar-refractivity contribution in [2.45, 2.75) is 27.7 Å². The first-order valence-electron chi connectivity index (χ1n) is 4.69. The number of nitrogens with one attached hydrogen (secondary N) is 1. The lowest BCUT2D eigenvalue weighted by molar-refractivity contribution is 0.456. The fraction of sp³-hybridized carbons (Fsp3) is 1.00. The second-order valence-electron chi connectivity index (χ2n) is 4.93. The average Bonchev–Trinajstić information content (AvgIpc) is 1.96. The normalized spacial score (nSPS) is 15.5. The number of hydrogen-bond donors (Lipinski definition) is 1. The van der Waals surface area contributed by atoms with Crippen LogP contribution in [0, 0.1) is 11.3 Å². The molecule has 0 aliphatic rings. The van der Waals surface area contributed by atoms with Gasteiger partial charge in [0.2, 0.25) is 10.0 Å². The average molecular weight is 242 g/mol. The Balaban J connectivity index is 4.10. The van der Waals surface area contributed by atoms with E-state index >= 15 is 0 Å². The van der Waals surface area contributed by atoms with Crippen molar-refractivity contribution in [3.63, 3.8) is 0 Å². The Hall–Kier alpha value is 0.200. The summed E-state index contributed by atoms with van der Waals surface area (Å²) in [4.78, 5) is 0. The predicted molar refractivity (Wildman–Crippen MR) is 61.1 cm³/mol. The SMILES string of the molecule is CC(CCl)CNS(=O)(=O)CC(C)(C)C. The molecule has 0 rings (SSSR count). The maximum absolute atomic E-state index is 11.5. The zero-order chi connectivity index (χ0) is 11.4. The van der Waals surface area contributed by atoms with Crippen molar-refractivity contribution in [2.24, 2.45) is 11.3 Å². The molecule has 0 radical (unpaired) electrons. The minimum Gasteiger partial charge on any atom is -0.215 e. The maximum Gasteiger partial charge on any atom is 0.212 e. The van der Waals surface area contributed by atoms with Gasteiger partial charge in [-0.25, -0.2) is 13.1 Å². The van der Waals surface area contributed by atoms with Gasteiger partial charge in [-0.05, 0) is 11.3 Å².